The largest absolute Gasteiger partial charge is 1.00 e. The fourth-order valence-corrected chi connectivity index (χ4v) is 4.36. The predicted octanol–water partition coefficient (Wildman–Crippen LogP) is 0.313. The van der Waals surface area contributed by atoms with Gasteiger partial charge in [0.25, 0.3) is 0 Å². The summed E-state index contributed by atoms with van der Waals surface area (Å²) >= 11 is 0. The van der Waals surface area contributed by atoms with Gasteiger partial charge in [-0.15, -0.1) is 0 Å². The number of benzene rings is 3. The molecule has 0 amide bonds. The minimum atomic E-state index is -4.78. The summed E-state index contributed by atoms with van der Waals surface area (Å²) < 4.78 is 35.2. The van der Waals surface area contributed by atoms with Gasteiger partial charge in [-0.1, -0.05) is 30.3 Å². The van der Waals surface area contributed by atoms with E-state index < -0.39 is 20.8 Å². The van der Waals surface area contributed by atoms with Crippen LogP contribution < -0.4 is 40.6 Å². The van der Waals surface area contributed by atoms with Crippen LogP contribution in [0, 0.1) is 13.8 Å². The second kappa shape index (κ2) is 8.22. The molecule has 0 radical (unpaired) electrons. The average molecular weight is 444 g/mol. The zero-order valence-electron chi connectivity index (χ0n) is 17.1. The fourth-order valence-electron chi connectivity index (χ4n) is 3.64. The number of carbonyl (C=O) groups is 2. The van der Waals surface area contributed by atoms with Crippen molar-refractivity contribution >= 4 is 38.7 Å². The van der Waals surface area contributed by atoms with Crippen LogP contribution in [-0.2, 0) is 10.1 Å². The zero-order valence-corrected chi connectivity index (χ0v) is 20.0. The molecule has 0 aliphatic heterocycles. The van der Waals surface area contributed by atoms with Crippen molar-refractivity contribution in [1.29, 1.82) is 0 Å². The zero-order chi connectivity index (χ0) is 21.8. The number of rotatable bonds is 3. The first kappa shape index (κ1) is 23.2. The van der Waals surface area contributed by atoms with Crippen molar-refractivity contribution in [3.63, 3.8) is 0 Å². The Balaban J connectivity index is 0.00000272. The van der Waals surface area contributed by atoms with Crippen LogP contribution in [0.3, 0.4) is 0 Å². The maximum Gasteiger partial charge on any atom is 1.00 e. The van der Waals surface area contributed by atoms with Crippen molar-refractivity contribution in [2.75, 3.05) is 11.1 Å². The molecular formula is C22H17N2NaO5S. The fraction of sp³-hybridized carbons (Fsp3) is 0.0909. The van der Waals surface area contributed by atoms with E-state index in [4.69, 9.17) is 5.73 Å². The molecule has 1 aliphatic rings. The standard InChI is InChI=1S/C22H18N2O5S.Na/c1-11-7-8-15(17(9-11)30(27,28)29)24-16-10-12(2)20(23)19-18(16)21(25)13-5-3-4-6-14(13)22(19)26;/h3-10,24H,23H2,1-2H3,(H,27,28,29);/q;+1/p-1. The van der Waals surface area contributed by atoms with Crippen molar-refractivity contribution in [2.45, 2.75) is 18.7 Å². The van der Waals surface area contributed by atoms with Crippen molar-refractivity contribution in [1.82, 2.24) is 0 Å². The van der Waals surface area contributed by atoms with Gasteiger partial charge in [0, 0.05) is 16.8 Å². The molecule has 0 heterocycles. The molecule has 152 valence electrons. The molecule has 7 nitrogen and oxygen atoms in total. The quantitative estimate of drug-likeness (QED) is 0.264. The SMILES string of the molecule is Cc1ccc(Nc2cc(C)c(N)c3c2C(=O)c2ccccc2C3=O)c(S(=O)(=O)[O-])c1.[Na+]. The van der Waals surface area contributed by atoms with Gasteiger partial charge in [-0.25, -0.2) is 8.42 Å². The van der Waals surface area contributed by atoms with E-state index in [2.05, 4.69) is 5.32 Å². The van der Waals surface area contributed by atoms with Gasteiger partial charge in [0.1, 0.15) is 10.1 Å². The molecule has 0 bridgehead atoms. The van der Waals surface area contributed by atoms with Crippen molar-refractivity contribution in [3.8, 4) is 0 Å². The summed E-state index contributed by atoms with van der Waals surface area (Å²) in [4.78, 5) is 25.9. The molecule has 3 N–H and O–H groups in total. The first-order chi connectivity index (χ1) is 14.1. The first-order valence-corrected chi connectivity index (χ1v) is 10.5. The molecule has 0 unspecified atom stereocenters. The second-order valence-corrected chi connectivity index (χ2v) is 8.54. The predicted molar refractivity (Wildman–Crippen MR) is 111 cm³/mol. The molecule has 0 spiro atoms. The average Bonchev–Trinajstić information content (AvgIpc) is 2.69. The van der Waals surface area contributed by atoms with Crippen LogP contribution in [0.25, 0.3) is 0 Å². The van der Waals surface area contributed by atoms with Crippen LogP contribution in [0.2, 0.25) is 0 Å². The number of anilines is 3. The van der Waals surface area contributed by atoms with Crippen LogP contribution in [0.15, 0.2) is 53.4 Å². The Morgan fingerprint density at radius 3 is 2.03 bits per heavy atom. The summed E-state index contributed by atoms with van der Waals surface area (Å²) in [5, 5.41) is 2.88. The summed E-state index contributed by atoms with van der Waals surface area (Å²) in [7, 11) is -4.78. The number of aryl methyl sites for hydroxylation is 2. The summed E-state index contributed by atoms with van der Waals surface area (Å²) in [6, 6.07) is 12.3. The summed E-state index contributed by atoms with van der Waals surface area (Å²) in [6.07, 6.45) is 0. The van der Waals surface area contributed by atoms with Gasteiger partial charge in [0.2, 0.25) is 0 Å². The van der Waals surface area contributed by atoms with E-state index in [0.717, 1.165) is 0 Å². The molecular weight excluding hydrogens is 427 g/mol. The van der Waals surface area contributed by atoms with Crippen LogP contribution >= 0.6 is 0 Å². The number of fused-ring (bicyclic) bond motifs is 2. The molecule has 0 atom stereocenters. The molecule has 0 aromatic heterocycles. The normalized spacial score (nSPS) is 12.6. The van der Waals surface area contributed by atoms with Crippen molar-refractivity contribution in [2.24, 2.45) is 0 Å². The second-order valence-electron chi connectivity index (χ2n) is 7.19. The van der Waals surface area contributed by atoms with Gasteiger partial charge in [-0.3, -0.25) is 9.59 Å². The van der Waals surface area contributed by atoms with Crippen LogP contribution in [0.4, 0.5) is 17.1 Å². The van der Waals surface area contributed by atoms with Gasteiger partial charge in [0.05, 0.1) is 27.4 Å². The molecule has 0 fully saturated rings. The molecule has 0 saturated carbocycles. The van der Waals surface area contributed by atoms with Crippen LogP contribution in [-0.4, -0.2) is 24.5 Å². The smallest absolute Gasteiger partial charge is 0.744 e. The molecule has 1 aliphatic carbocycles. The Kier molecular flexibility index (Phi) is 6.14. The van der Waals surface area contributed by atoms with E-state index in [0.29, 0.717) is 11.1 Å². The van der Waals surface area contributed by atoms with Gasteiger partial charge in [0.15, 0.2) is 11.6 Å². The van der Waals surface area contributed by atoms with E-state index >= 15 is 0 Å². The maximum absolute atomic E-state index is 13.2. The molecule has 0 saturated heterocycles. The Morgan fingerprint density at radius 2 is 1.45 bits per heavy atom. The number of hydrogen-bond donors (Lipinski definition) is 2. The van der Waals surface area contributed by atoms with Gasteiger partial charge >= 0.3 is 29.6 Å². The molecule has 31 heavy (non-hydrogen) atoms. The third-order valence-electron chi connectivity index (χ3n) is 5.12. The molecule has 9 heteroatoms. The first-order valence-electron chi connectivity index (χ1n) is 9.04. The van der Waals surface area contributed by atoms with Gasteiger partial charge in [-0.05, 0) is 43.2 Å². The Hall–Kier alpha value is -2.49. The number of nitrogen functional groups attached to an aromatic ring is 1. The minimum Gasteiger partial charge on any atom is -0.744 e. The van der Waals surface area contributed by atoms with Crippen LogP contribution in [0.5, 0.6) is 0 Å². The van der Waals surface area contributed by atoms with Crippen molar-refractivity contribution in [3.05, 3.63) is 81.9 Å². The van der Waals surface area contributed by atoms with E-state index in [9.17, 15) is 22.6 Å². The van der Waals surface area contributed by atoms with E-state index in [1.54, 1.807) is 50.2 Å². The number of nitrogens with two attached hydrogens (primary N) is 1. The van der Waals surface area contributed by atoms with Gasteiger partial charge < -0.3 is 15.6 Å². The maximum atomic E-state index is 13.2. The van der Waals surface area contributed by atoms with Gasteiger partial charge in [-0.2, -0.15) is 0 Å². The topological polar surface area (TPSA) is 129 Å². The molecule has 3 aromatic rings. The van der Waals surface area contributed by atoms with E-state index in [-0.39, 0.29) is 74.7 Å². The third kappa shape index (κ3) is 3.93. The summed E-state index contributed by atoms with van der Waals surface area (Å²) in [5.74, 6) is -0.793. The van der Waals surface area contributed by atoms with E-state index in [1.807, 2.05) is 0 Å². The monoisotopic (exact) mass is 444 g/mol. The van der Waals surface area contributed by atoms with Crippen LogP contribution in [0.1, 0.15) is 43.0 Å². The summed E-state index contributed by atoms with van der Waals surface area (Å²) in [6.45, 7) is 3.34. The van der Waals surface area contributed by atoms with E-state index in [1.165, 1.54) is 12.1 Å². The number of nitrogens with one attached hydrogen (secondary N) is 1. The Morgan fingerprint density at radius 1 is 0.871 bits per heavy atom. The number of ketones is 2. The number of hydrogen-bond acceptors (Lipinski definition) is 7. The molecule has 4 rings (SSSR count). The van der Waals surface area contributed by atoms with Crippen molar-refractivity contribution < 1.29 is 52.1 Å². The third-order valence-corrected chi connectivity index (χ3v) is 6.00. The Bertz CT molecular complexity index is 1370. The minimum absolute atomic E-state index is 0. The summed E-state index contributed by atoms with van der Waals surface area (Å²) in [5.41, 5.74) is 8.30. The Labute approximate surface area is 201 Å². The molecule has 3 aromatic carbocycles. The number of carbonyl (C=O) groups excluding carboxylic acids is 2.